The number of fused-ring (bicyclic) bond motifs is 5. The number of aliphatic hydroxyl groups excluding tert-OH is 1. The molecule has 5 heteroatoms. The van der Waals surface area contributed by atoms with Gasteiger partial charge in [-0.2, -0.15) is 0 Å². The largest absolute Gasteiger partial charge is 0.512 e. The molecule has 0 unspecified atom stereocenters. The number of carbonyl (C=O) groups excluding carboxylic acids is 1. The van der Waals surface area contributed by atoms with Crippen LogP contribution in [0.3, 0.4) is 0 Å². The Hall–Kier alpha value is -3.53. The molecule has 0 fully saturated rings. The number of ether oxygens (including phenoxy) is 1. The molecule has 0 aliphatic carbocycles. The van der Waals surface area contributed by atoms with Crippen molar-refractivity contribution in [2.24, 2.45) is 16.7 Å². The summed E-state index contributed by atoms with van der Waals surface area (Å²) >= 11 is 0. The average Bonchev–Trinajstić information content (AvgIpc) is 3.08. The Labute approximate surface area is 325 Å². The maximum atomic E-state index is 12.0. The van der Waals surface area contributed by atoms with Gasteiger partial charge < -0.3 is 9.84 Å². The van der Waals surface area contributed by atoms with E-state index in [-0.39, 0.29) is 53.8 Å². The summed E-state index contributed by atoms with van der Waals surface area (Å²) in [6, 6.07) is 23.2. The molecule has 1 N–H and O–H groups in total. The first-order chi connectivity index (χ1) is 24.1. The Morgan fingerprint density at radius 1 is 0.846 bits per heavy atom. The fraction of sp³-hybridized carbons (Fsp3) is 0.447. The molecule has 4 nitrogen and oxygen atoms in total. The zero-order chi connectivity index (χ0) is 37.3. The molecule has 6 rings (SSSR count). The van der Waals surface area contributed by atoms with Crippen LogP contribution in [0.25, 0.3) is 43.6 Å². The van der Waals surface area contributed by atoms with Crippen LogP contribution in [-0.4, -0.2) is 15.9 Å². The first kappa shape index (κ1) is 41.2. The summed E-state index contributed by atoms with van der Waals surface area (Å²) in [4.78, 5) is 16.9. The number of aromatic nitrogens is 1. The molecule has 0 saturated heterocycles. The maximum Gasteiger partial charge on any atom is 0.162 e. The molecule has 52 heavy (non-hydrogen) atoms. The van der Waals surface area contributed by atoms with Crippen LogP contribution in [0.1, 0.15) is 119 Å². The van der Waals surface area contributed by atoms with Gasteiger partial charge >= 0.3 is 0 Å². The van der Waals surface area contributed by atoms with E-state index in [4.69, 9.17) is 9.72 Å². The minimum Gasteiger partial charge on any atom is -0.512 e. The number of hydrogen-bond donors (Lipinski definition) is 1. The van der Waals surface area contributed by atoms with Crippen LogP contribution >= 0.6 is 0 Å². The summed E-state index contributed by atoms with van der Waals surface area (Å²) in [5.74, 6) is 2.20. The molecule has 0 saturated carbocycles. The third kappa shape index (κ3) is 8.02. The molecule has 1 radical (unpaired) electrons. The predicted octanol–water partition coefficient (Wildman–Crippen LogP) is 13.6. The Balaban J connectivity index is 0.000000289. The summed E-state index contributed by atoms with van der Waals surface area (Å²) in [6.07, 6.45) is 8.73. The molecule has 0 amide bonds. The molecule has 0 spiro atoms. The van der Waals surface area contributed by atoms with Gasteiger partial charge in [0.15, 0.2) is 5.78 Å². The van der Waals surface area contributed by atoms with Crippen molar-refractivity contribution in [3.63, 3.8) is 0 Å². The smallest absolute Gasteiger partial charge is 0.162 e. The van der Waals surface area contributed by atoms with E-state index in [0.29, 0.717) is 0 Å². The van der Waals surface area contributed by atoms with Crippen molar-refractivity contribution >= 4 is 38.1 Å². The number of benzene rings is 4. The first-order valence-electron chi connectivity index (χ1n) is 19.1. The summed E-state index contributed by atoms with van der Waals surface area (Å²) < 4.78 is 6.84. The first-order valence-corrected chi connectivity index (χ1v) is 19.1. The van der Waals surface area contributed by atoms with E-state index in [0.717, 1.165) is 72.1 Å². The van der Waals surface area contributed by atoms with Gasteiger partial charge in [0.2, 0.25) is 0 Å². The quantitative estimate of drug-likeness (QED) is 0.0680. The van der Waals surface area contributed by atoms with Gasteiger partial charge in [-0.1, -0.05) is 129 Å². The third-order valence-electron chi connectivity index (χ3n) is 11.0. The number of ketones is 1. The Morgan fingerprint density at radius 2 is 1.48 bits per heavy atom. The summed E-state index contributed by atoms with van der Waals surface area (Å²) in [5.41, 5.74) is 4.39. The number of aliphatic hydroxyl groups is 1. The second-order valence-electron chi connectivity index (χ2n) is 16.6. The van der Waals surface area contributed by atoms with E-state index < -0.39 is 0 Å². The Morgan fingerprint density at radius 3 is 2.08 bits per heavy atom. The molecule has 0 bridgehead atoms. The van der Waals surface area contributed by atoms with E-state index in [2.05, 4.69) is 123 Å². The fourth-order valence-corrected chi connectivity index (χ4v) is 7.92. The van der Waals surface area contributed by atoms with Gasteiger partial charge in [0.25, 0.3) is 0 Å². The molecule has 0 atom stereocenters. The van der Waals surface area contributed by atoms with Gasteiger partial charge in [-0.15, -0.1) is 17.5 Å². The van der Waals surface area contributed by atoms with Crippen LogP contribution in [0, 0.1) is 22.8 Å². The van der Waals surface area contributed by atoms with E-state index in [1.807, 2.05) is 20.0 Å². The normalized spacial score (nSPS) is 13.0. The average molecular weight is 877 g/mol. The molecule has 4 aromatic carbocycles. The molecule has 5 aromatic rings. The zero-order valence-corrected chi connectivity index (χ0v) is 35.6. The van der Waals surface area contributed by atoms with Crippen LogP contribution < -0.4 is 4.74 Å². The van der Waals surface area contributed by atoms with E-state index in [1.165, 1.54) is 38.7 Å². The molecule has 279 valence electrons. The van der Waals surface area contributed by atoms with E-state index >= 15 is 0 Å². The second kappa shape index (κ2) is 16.2. The van der Waals surface area contributed by atoms with Crippen molar-refractivity contribution in [1.82, 2.24) is 4.98 Å². The van der Waals surface area contributed by atoms with Crippen molar-refractivity contribution in [1.29, 1.82) is 0 Å². The summed E-state index contributed by atoms with van der Waals surface area (Å²) in [6.45, 7) is 23.9. The van der Waals surface area contributed by atoms with Crippen LogP contribution in [0.15, 0.2) is 72.6 Å². The topological polar surface area (TPSA) is 59.4 Å². The second-order valence-corrected chi connectivity index (χ2v) is 16.6. The standard InChI is InChI=1S/C32H30NO.C15H28O2.Ir/c1-31(2,3)18-20-11-9-13-22-23-14-15-33-29-25-16-19-10-7-8-12-21(19)28(32(4,5)6)30(25)34-26(27(23)29)17-24(20)22;1-6-12(7-2)13(16)11-14(17)15(8-3,9-4)10-5;/h7-15,17H,18H2,1-6H3;11-12,17H,6-10H2,1-5H3;/q-1;;/b;14-11-;. The van der Waals surface area contributed by atoms with Crippen molar-refractivity contribution in [3.05, 3.63) is 89.8 Å². The Bertz CT molecular complexity index is 2080. The molecule has 1 aromatic heterocycles. The number of allylic oxidation sites excluding steroid dienone is 2. The van der Waals surface area contributed by atoms with Crippen molar-refractivity contribution in [2.75, 3.05) is 0 Å². The SMILES string of the molecule is CC(C)(C)Cc1cccc2c1cc1c3c(nccc32)-c2[c-]c3ccccc3c(C(C)(C)C)c2O1.CCC(CC)C(=O)/C=C(\O)C(CC)(CC)CC.[Ir]. The zero-order valence-electron chi connectivity index (χ0n) is 33.2. The number of hydrogen-bond acceptors (Lipinski definition) is 4. The van der Waals surface area contributed by atoms with Gasteiger partial charge in [-0.3, -0.25) is 9.78 Å². The number of rotatable bonds is 9. The van der Waals surface area contributed by atoms with Gasteiger partial charge in [-0.05, 0) is 83.2 Å². The van der Waals surface area contributed by atoms with Crippen LogP contribution in [0.5, 0.6) is 11.5 Å². The molecular weight excluding hydrogens is 819 g/mol. The summed E-state index contributed by atoms with van der Waals surface area (Å²) in [7, 11) is 0. The molecule has 1 aliphatic heterocycles. The van der Waals surface area contributed by atoms with Gasteiger partial charge in [0.05, 0.1) is 5.75 Å². The molecular formula is C47H58IrNO3-. The van der Waals surface area contributed by atoms with Crippen LogP contribution in [-0.2, 0) is 36.7 Å². The Kier molecular flexibility index (Phi) is 12.9. The maximum absolute atomic E-state index is 12.0. The van der Waals surface area contributed by atoms with Crippen molar-refractivity contribution < 1.29 is 34.7 Å². The third-order valence-corrected chi connectivity index (χ3v) is 11.0. The van der Waals surface area contributed by atoms with Gasteiger partial charge in [-0.25, -0.2) is 0 Å². The van der Waals surface area contributed by atoms with Crippen LogP contribution in [0.4, 0.5) is 0 Å². The van der Waals surface area contributed by atoms with Crippen LogP contribution in [0.2, 0.25) is 0 Å². The van der Waals surface area contributed by atoms with Crippen molar-refractivity contribution in [2.45, 2.75) is 120 Å². The number of pyridine rings is 1. The van der Waals surface area contributed by atoms with Gasteiger partial charge in [0.1, 0.15) is 11.5 Å². The molecule has 1 aliphatic rings. The van der Waals surface area contributed by atoms with Crippen molar-refractivity contribution in [3.8, 4) is 22.8 Å². The minimum absolute atomic E-state index is 0. The minimum atomic E-state index is -0.207. The summed E-state index contributed by atoms with van der Waals surface area (Å²) in [5, 5.41) is 17.3. The fourth-order valence-electron chi connectivity index (χ4n) is 7.92. The number of nitrogens with zero attached hydrogens (tertiary/aromatic N) is 1. The van der Waals surface area contributed by atoms with E-state index in [1.54, 1.807) is 0 Å². The number of carbonyl (C=O) groups is 1. The van der Waals surface area contributed by atoms with E-state index in [9.17, 15) is 9.90 Å². The predicted molar refractivity (Wildman–Crippen MR) is 216 cm³/mol. The monoisotopic (exact) mass is 877 g/mol. The molecule has 2 heterocycles. The van der Waals surface area contributed by atoms with Gasteiger partial charge in [0, 0.05) is 54.8 Å².